The van der Waals surface area contributed by atoms with Crippen molar-refractivity contribution in [2.24, 2.45) is 0 Å². The Hall–Kier alpha value is -2.64. The summed E-state index contributed by atoms with van der Waals surface area (Å²) in [6, 6.07) is 7.40. The minimum Gasteiger partial charge on any atom is -0.478 e. The quantitative estimate of drug-likeness (QED) is 0.885. The third-order valence-electron chi connectivity index (χ3n) is 4.40. The first-order valence-electron chi connectivity index (χ1n) is 7.66. The summed E-state index contributed by atoms with van der Waals surface area (Å²) >= 11 is 0. The number of carboxylic acids is 1. The van der Waals surface area contributed by atoms with Crippen molar-refractivity contribution in [1.82, 2.24) is 9.97 Å². The number of nitrogens with zero attached hydrogens (tertiary/aromatic N) is 3. The number of aromatic nitrogens is 2. The molecule has 0 spiro atoms. The van der Waals surface area contributed by atoms with Gasteiger partial charge in [0.25, 0.3) is 0 Å². The fourth-order valence-corrected chi connectivity index (χ4v) is 3.01. The summed E-state index contributed by atoms with van der Waals surface area (Å²) in [6.45, 7) is 4.57. The second-order valence-corrected chi connectivity index (χ2v) is 6.54. The normalized spacial score (nSPS) is 16.4. The molecule has 0 bridgehead atoms. The molecule has 1 aromatic carbocycles. The average molecular weight is 351 g/mol. The lowest BCUT2D eigenvalue weighted by Gasteiger charge is -2.39. The molecule has 0 saturated carbocycles. The van der Waals surface area contributed by atoms with Crippen LogP contribution in [0.3, 0.4) is 0 Å². The molecule has 5 nitrogen and oxygen atoms in total. The highest BCUT2D eigenvalue weighted by atomic mass is 19.4. The highest BCUT2D eigenvalue weighted by molar-refractivity contribution is 5.89. The van der Waals surface area contributed by atoms with E-state index in [1.165, 1.54) is 0 Å². The van der Waals surface area contributed by atoms with Gasteiger partial charge in [-0.2, -0.15) is 13.2 Å². The number of para-hydroxylation sites is 1. The molecule has 0 saturated heterocycles. The summed E-state index contributed by atoms with van der Waals surface area (Å²) in [5.41, 5.74) is -0.800. The molecule has 3 rings (SSSR count). The topological polar surface area (TPSA) is 66.3 Å². The largest absolute Gasteiger partial charge is 0.478 e. The van der Waals surface area contributed by atoms with Crippen molar-refractivity contribution >= 4 is 17.6 Å². The monoisotopic (exact) mass is 351 g/mol. The Balaban J connectivity index is 2.13. The zero-order valence-corrected chi connectivity index (χ0v) is 13.6. The first kappa shape index (κ1) is 17.2. The van der Waals surface area contributed by atoms with Crippen LogP contribution in [0, 0.1) is 0 Å². The van der Waals surface area contributed by atoms with Crippen LogP contribution in [0.5, 0.6) is 0 Å². The lowest BCUT2D eigenvalue weighted by molar-refractivity contribution is -0.141. The SMILES string of the molecule is CC1(C)CCN(c2ncc(C(=O)O)c(C(F)(F)F)n2)c2ccccc21. The van der Waals surface area contributed by atoms with Gasteiger partial charge in [-0.05, 0) is 23.5 Å². The number of aromatic carboxylic acids is 1. The van der Waals surface area contributed by atoms with Crippen LogP contribution in [0.15, 0.2) is 30.5 Å². The molecule has 0 radical (unpaired) electrons. The van der Waals surface area contributed by atoms with Gasteiger partial charge in [0.05, 0.1) is 0 Å². The fourth-order valence-electron chi connectivity index (χ4n) is 3.01. The van der Waals surface area contributed by atoms with Crippen LogP contribution in [0.25, 0.3) is 0 Å². The molecule has 1 N–H and O–H groups in total. The second-order valence-electron chi connectivity index (χ2n) is 6.54. The zero-order chi connectivity index (χ0) is 18.4. The van der Waals surface area contributed by atoms with Gasteiger partial charge in [-0.15, -0.1) is 0 Å². The highest BCUT2D eigenvalue weighted by Crippen LogP contribution is 2.42. The van der Waals surface area contributed by atoms with Crippen LogP contribution in [0.4, 0.5) is 24.8 Å². The Morgan fingerprint density at radius 1 is 1.28 bits per heavy atom. The number of alkyl halides is 3. The zero-order valence-electron chi connectivity index (χ0n) is 13.6. The summed E-state index contributed by atoms with van der Waals surface area (Å²) in [6.07, 6.45) is -3.45. The van der Waals surface area contributed by atoms with Gasteiger partial charge < -0.3 is 10.0 Å². The van der Waals surface area contributed by atoms with Crippen molar-refractivity contribution in [2.75, 3.05) is 11.4 Å². The fraction of sp³-hybridized carbons (Fsp3) is 0.353. The third-order valence-corrected chi connectivity index (χ3v) is 4.40. The summed E-state index contributed by atoms with van der Waals surface area (Å²) in [4.78, 5) is 20.1. The van der Waals surface area contributed by atoms with Crippen LogP contribution < -0.4 is 4.90 Å². The Labute approximate surface area is 142 Å². The predicted octanol–water partition coefficient (Wildman–Crippen LogP) is 4.01. The minimum absolute atomic E-state index is 0.124. The molecule has 1 aliphatic heterocycles. The van der Waals surface area contributed by atoms with Gasteiger partial charge in [0, 0.05) is 18.4 Å². The molecule has 2 heterocycles. The van der Waals surface area contributed by atoms with E-state index in [9.17, 15) is 18.0 Å². The van der Waals surface area contributed by atoms with Crippen molar-refractivity contribution in [3.63, 3.8) is 0 Å². The maximum atomic E-state index is 13.2. The number of hydrogen-bond acceptors (Lipinski definition) is 4. The van der Waals surface area contributed by atoms with Gasteiger partial charge in [-0.25, -0.2) is 14.8 Å². The Morgan fingerprint density at radius 2 is 1.96 bits per heavy atom. The summed E-state index contributed by atoms with van der Waals surface area (Å²) < 4.78 is 39.6. The molecule has 0 aliphatic carbocycles. The van der Waals surface area contributed by atoms with Crippen molar-refractivity contribution < 1.29 is 23.1 Å². The number of carboxylic acid groups (broad SMARTS) is 1. The number of halogens is 3. The molecular weight excluding hydrogens is 335 g/mol. The first-order valence-corrected chi connectivity index (χ1v) is 7.66. The van der Waals surface area contributed by atoms with E-state index >= 15 is 0 Å². The Bertz CT molecular complexity index is 834. The van der Waals surface area contributed by atoms with Crippen molar-refractivity contribution in [3.8, 4) is 0 Å². The molecule has 2 aromatic rings. The van der Waals surface area contributed by atoms with Crippen LogP contribution >= 0.6 is 0 Å². The van der Waals surface area contributed by atoms with Gasteiger partial charge in [0.1, 0.15) is 5.56 Å². The molecule has 25 heavy (non-hydrogen) atoms. The smallest absolute Gasteiger partial charge is 0.434 e. The summed E-state index contributed by atoms with van der Waals surface area (Å²) in [5, 5.41) is 8.96. The molecule has 1 aliphatic rings. The van der Waals surface area contributed by atoms with Crippen molar-refractivity contribution in [2.45, 2.75) is 31.9 Å². The van der Waals surface area contributed by atoms with E-state index in [1.54, 1.807) is 17.0 Å². The van der Waals surface area contributed by atoms with Crippen molar-refractivity contribution in [3.05, 3.63) is 47.3 Å². The highest BCUT2D eigenvalue weighted by Gasteiger charge is 2.39. The summed E-state index contributed by atoms with van der Waals surface area (Å²) in [5.74, 6) is -1.86. The van der Waals surface area contributed by atoms with E-state index in [0.29, 0.717) is 13.0 Å². The number of anilines is 2. The summed E-state index contributed by atoms with van der Waals surface area (Å²) in [7, 11) is 0. The van der Waals surface area contributed by atoms with Crippen molar-refractivity contribution in [1.29, 1.82) is 0 Å². The lowest BCUT2D eigenvalue weighted by Crippen LogP contribution is -2.35. The standard InChI is InChI=1S/C17H16F3N3O2/c1-16(2)7-8-23(12-6-4-3-5-11(12)16)15-21-9-10(14(24)25)13(22-15)17(18,19)20/h3-6,9H,7-8H2,1-2H3,(H,24,25). The molecule has 0 unspecified atom stereocenters. The van der Waals surface area contributed by atoms with Gasteiger partial charge in [-0.3, -0.25) is 0 Å². The van der Waals surface area contributed by atoms with Gasteiger partial charge >= 0.3 is 12.1 Å². The molecule has 0 fully saturated rings. The van der Waals surface area contributed by atoms with Crippen LogP contribution in [-0.4, -0.2) is 27.6 Å². The van der Waals surface area contributed by atoms with E-state index in [-0.39, 0.29) is 11.4 Å². The predicted molar refractivity (Wildman–Crippen MR) is 85.1 cm³/mol. The minimum atomic E-state index is -4.88. The first-order chi connectivity index (χ1) is 11.6. The number of hydrogen-bond donors (Lipinski definition) is 1. The van der Waals surface area contributed by atoms with Crippen LogP contribution in [0.2, 0.25) is 0 Å². The van der Waals surface area contributed by atoms with Gasteiger partial charge in [-0.1, -0.05) is 32.0 Å². The number of fused-ring (bicyclic) bond motifs is 1. The lowest BCUT2D eigenvalue weighted by atomic mass is 9.78. The number of carbonyl (C=O) groups is 1. The second kappa shape index (κ2) is 5.72. The van der Waals surface area contributed by atoms with Gasteiger partial charge in [0.15, 0.2) is 5.69 Å². The molecule has 1 aromatic heterocycles. The molecule has 0 amide bonds. The van der Waals surface area contributed by atoms with Crippen LogP contribution in [0.1, 0.15) is 41.9 Å². The van der Waals surface area contributed by atoms with E-state index in [1.807, 2.05) is 12.1 Å². The molecule has 8 heteroatoms. The third kappa shape index (κ3) is 3.04. The van der Waals surface area contributed by atoms with E-state index in [0.717, 1.165) is 17.4 Å². The van der Waals surface area contributed by atoms with E-state index in [4.69, 9.17) is 5.11 Å². The van der Waals surface area contributed by atoms with E-state index < -0.39 is 23.4 Å². The molecular formula is C17H16F3N3O2. The average Bonchev–Trinajstić information content (AvgIpc) is 2.54. The number of benzene rings is 1. The van der Waals surface area contributed by atoms with Crippen LogP contribution in [-0.2, 0) is 11.6 Å². The maximum Gasteiger partial charge on any atom is 0.434 e. The molecule has 0 atom stereocenters. The Kier molecular flexibility index (Phi) is 3.93. The maximum absolute atomic E-state index is 13.2. The molecule has 132 valence electrons. The Morgan fingerprint density at radius 3 is 2.60 bits per heavy atom. The van der Waals surface area contributed by atoms with Gasteiger partial charge in [0.2, 0.25) is 5.95 Å². The number of rotatable bonds is 2. The van der Waals surface area contributed by atoms with E-state index in [2.05, 4.69) is 23.8 Å².